The second-order valence-corrected chi connectivity index (χ2v) is 5.04. The van der Waals surface area contributed by atoms with Crippen LogP contribution >= 0.6 is 27.5 Å². The van der Waals surface area contributed by atoms with E-state index in [4.69, 9.17) is 16.7 Å². The fourth-order valence-electron chi connectivity index (χ4n) is 1.55. The second kappa shape index (κ2) is 5.59. The van der Waals surface area contributed by atoms with E-state index >= 15 is 0 Å². The number of carbonyl (C=O) groups is 1. The van der Waals surface area contributed by atoms with Crippen LogP contribution in [0, 0.1) is 5.82 Å². The Bertz CT molecular complexity index is 649. The van der Waals surface area contributed by atoms with Crippen molar-refractivity contribution in [2.24, 2.45) is 0 Å². The summed E-state index contributed by atoms with van der Waals surface area (Å²) in [5, 5.41) is 12.1. The van der Waals surface area contributed by atoms with Crippen LogP contribution in [0.25, 0.3) is 0 Å². The van der Waals surface area contributed by atoms with E-state index in [1.54, 1.807) is 18.2 Å². The fraction of sp³-hybridized carbons (Fsp3) is 0. The number of halogens is 3. The highest BCUT2D eigenvalue weighted by Gasteiger charge is 2.15. The lowest BCUT2D eigenvalue weighted by Gasteiger charge is -2.12. The molecule has 2 rings (SSSR count). The van der Waals surface area contributed by atoms with Gasteiger partial charge in [-0.05, 0) is 30.3 Å². The summed E-state index contributed by atoms with van der Waals surface area (Å²) in [5.74, 6) is -1.87. The largest absolute Gasteiger partial charge is 0.478 e. The van der Waals surface area contributed by atoms with Gasteiger partial charge in [-0.2, -0.15) is 0 Å². The molecule has 0 aliphatic carbocycles. The maximum absolute atomic E-state index is 13.7. The minimum Gasteiger partial charge on any atom is -0.478 e. The molecule has 0 bridgehead atoms. The van der Waals surface area contributed by atoms with E-state index in [1.807, 2.05) is 0 Å². The van der Waals surface area contributed by atoms with Crippen LogP contribution < -0.4 is 5.32 Å². The molecule has 2 aromatic rings. The Labute approximate surface area is 122 Å². The van der Waals surface area contributed by atoms with Crippen LogP contribution in [0.1, 0.15) is 10.4 Å². The molecular formula is C13H8BrClFNO2. The molecule has 0 aliphatic rings. The van der Waals surface area contributed by atoms with Gasteiger partial charge >= 0.3 is 5.97 Å². The lowest BCUT2D eigenvalue weighted by Crippen LogP contribution is -2.05. The Morgan fingerprint density at radius 2 is 2.05 bits per heavy atom. The molecule has 6 heteroatoms. The van der Waals surface area contributed by atoms with Crippen LogP contribution in [0.5, 0.6) is 0 Å². The third-order valence-corrected chi connectivity index (χ3v) is 3.24. The number of rotatable bonds is 3. The number of nitrogens with one attached hydrogen (secondary N) is 1. The topological polar surface area (TPSA) is 49.3 Å². The quantitative estimate of drug-likeness (QED) is 0.849. The van der Waals surface area contributed by atoms with E-state index in [0.29, 0.717) is 10.7 Å². The van der Waals surface area contributed by atoms with Crippen molar-refractivity contribution >= 4 is 44.9 Å². The summed E-state index contributed by atoms with van der Waals surface area (Å²) in [6.07, 6.45) is 0. The first-order valence-electron chi connectivity index (χ1n) is 5.23. The highest BCUT2D eigenvalue weighted by atomic mass is 79.9. The van der Waals surface area contributed by atoms with Crippen molar-refractivity contribution in [1.29, 1.82) is 0 Å². The van der Waals surface area contributed by atoms with Crippen molar-refractivity contribution in [2.45, 2.75) is 0 Å². The average Bonchev–Trinajstić information content (AvgIpc) is 2.34. The van der Waals surface area contributed by atoms with Gasteiger partial charge in [0.2, 0.25) is 0 Å². The van der Waals surface area contributed by atoms with Crippen LogP contribution in [0.3, 0.4) is 0 Å². The summed E-state index contributed by atoms with van der Waals surface area (Å²) in [7, 11) is 0. The van der Waals surface area contributed by atoms with Gasteiger partial charge in [-0.1, -0.05) is 33.6 Å². The minimum absolute atomic E-state index is 0.112. The summed E-state index contributed by atoms with van der Waals surface area (Å²) in [4.78, 5) is 11.1. The summed E-state index contributed by atoms with van der Waals surface area (Å²) in [5.41, 5.74) is 0.163. The summed E-state index contributed by atoms with van der Waals surface area (Å²) in [6, 6.07) is 8.82. The number of hydrogen-bond acceptors (Lipinski definition) is 2. The molecule has 0 radical (unpaired) electrons. The third-order valence-electron chi connectivity index (χ3n) is 2.43. The van der Waals surface area contributed by atoms with Crippen LogP contribution in [0.15, 0.2) is 40.9 Å². The molecule has 0 aliphatic heterocycles. The van der Waals surface area contributed by atoms with E-state index in [2.05, 4.69) is 21.2 Å². The molecule has 0 heterocycles. The molecule has 3 nitrogen and oxygen atoms in total. The molecule has 2 aromatic carbocycles. The first kappa shape index (κ1) is 13.8. The Balaban J connectivity index is 2.46. The van der Waals surface area contributed by atoms with Crippen molar-refractivity contribution in [3.05, 3.63) is 57.3 Å². The molecule has 0 saturated carbocycles. The standard InChI is InChI=1S/C13H8BrClFNO2/c14-7-4-5-11(9(15)6-7)17-12-8(13(18)19)2-1-3-10(12)16/h1-6,17H,(H,18,19). The molecular weight excluding hydrogens is 337 g/mol. The second-order valence-electron chi connectivity index (χ2n) is 3.72. The summed E-state index contributed by atoms with van der Waals surface area (Å²) < 4.78 is 14.5. The normalized spacial score (nSPS) is 10.3. The number of benzene rings is 2. The molecule has 98 valence electrons. The Morgan fingerprint density at radius 1 is 1.32 bits per heavy atom. The van der Waals surface area contributed by atoms with Gasteiger partial charge in [0.15, 0.2) is 0 Å². The highest BCUT2D eigenvalue weighted by Crippen LogP contribution is 2.31. The van der Waals surface area contributed by atoms with Gasteiger partial charge in [0.05, 0.1) is 22.0 Å². The predicted molar refractivity (Wildman–Crippen MR) is 75.8 cm³/mol. The van der Waals surface area contributed by atoms with Crippen LogP contribution in [-0.2, 0) is 0 Å². The van der Waals surface area contributed by atoms with E-state index in [0.717, 1.165) is 4.47 Å². The third kappa shape index (κ3) is 3.05. The molecule has 0 atom stereocenters. The molecule has 19 heavy (non-hydrogen) atoms. The van der Waals surface area contributed by atoms with Crippen molar-refractivity contribution in [3.63, 3.8) is 0 Å². The highest BCUT2D eigenvalue weighted by molar-refractivity contribution is 9.10. The van der Waals surface area contributed by atoms with E-state index < -0.39 is 11.8 Å². The van der Waals surface area contributed by atoms with Gasteiger partial charge in [-0.15, -0.1) is 0 Å². The zero-order chi connectivity index (χ0) is 14.0. The zero-order valence-corrected chi connectivity index (χ0v) is 11.8. The van der Waals surface area contributed by atoms with Crippen molar-refractivity contribution in [2.75, 3.05) is 5.32 Å². The smallest absolute Gasteiger partial charge is 0.337 e. The maximum Gasteiger partial charge on any atom is 0.337 e. The molecule has 0 amide bonds. The van der Waals surface area contributed by atoms with Gasteiger partial charge in [-0.25, -0.2) is 9.18 Å². The lowest BCUT2D eigenvalue weighted by atomic mass is 10.1. The Morgan fingerprint density at radius 3 is 2.68 bits per heavy atom. The molecule has 0 spiro atoms. The first-order valence-corrected chi connectivity index (χ1v) is 6.40. The van der Waals surface area contributed by atoms with Crippen LogP contribution in [0.4, 0.5) is 15.8 Å². The molecule has 0 fully saturated rings. The number of aromatic carboxylic acids is 1. The number of carboxylic acids is 1. The molecule has 0 saturated heterocycles. The first-order chi connectivity index (χ1) is 8.99. The van der Waals surface area contributed by atoms with Gasteiger partial charge in [0, 0.05) is 4.47 Å². The number of hydrogen-bond donors (Lipinski definition) is 2. The van der Waals surface area contributed by atoms with Gasteiger partial charge in [0.25, 0.3) is 0 Å². The van der Waals surface area contributed by atoms with E-state index in [9.17, 15) is 9.18 Å². The van der Waals surface area contributed by atoms with E-state index in [-0.39, 0.29) is 11.3 Å². The maximum atomic E-state index is 13.7. The Hall–Kier alpha value is -1.59. The minimum atomic E-state index is -1.21. The fourth-order valence-corrected chi connectivity index (χ4v) is 2.28. The van der Waals surface area contributed by atoms with Gasteiger partial charge in [0.1, 0.15) is 5.82 Å². The van der Waals surface area contributed by atoms with Crippen LogP contribution in [-0.4, -0.2) is 11.1 Å². The van der Waals surface area contributed by atoms with Gasteiger partial charge < -0.3 is 10.4 Å². The molecule has 0 aromatic heterocycles. The molecule has 0 unspecified atom stereocenters. The van der Waals surface area contributed by atoms with Crippen LogP contribution in [0.2, 0.25) is 5.02 Å². The summed E-state index contributed by atoms with van der Waals surface area (Å²) in [6.45, 7) is 0. The average molecular weight is 345 g/mol. The SMILES string of the molecule is O=C(O)c1cccc(F)c1Nc1ccc(Br)cc1Cl. The van der Waals surface area contributed by atoms with Crippen molar-refractivity contribution in [1.82, 2.24) is 0 Å². The number of carboxylic acid groups (broad SMARTS) is 1. The Kier molecular flexibility index (Phi) is 4.07. The summed E-state index contributed by atoms with van der Waals surface area (Å²) >= 11 is 9.25. The lowest BCUT2D eigenvalue weighted by molar-refractivity contribution is 0.0697. The van der Waals surface area contributed by atoms with Crippen molar-refractivity contribution < 1.29 is 14.3 Å². The predicted octanol–water partition coefficient (Wildman–Crippen LogP) is 4.68. The number of para-hydroxylation sites is 1. The zero-order valence-electron chi connectivity index (χ0n) is 9.45. The van der Waals surface area contributed by atoms with Crippen molar-refractivity contribution in [3.8, 4) is 0 Å². The van der Waals surface area contributed by atoms with E-state index in [1.165, 1.54) is 18.2 Å². The number of anilines is 2. The monoisotopic (exact) mass is 343 g/mol. The van der Waals surface area contributed by atoms with Gasteiger partial charge in [-0.3, -0.25) is 0 Å². The molecule has 2 N–H and O–H groups in total.